The number of hydrogen-bond acceptors (Lipinski definition) is 4. The van der Waals surface area contributed by atoms with Crippen molar-refractivity contribution in [1.29, 1.82) is 0 Å². The number of aromatic nitrogens is 1. The predicted octanol–water partition coefficient (Wildman–Crippen LogP) is 1.98. The third-order valence-electron chi connectivity index (χ3n) is 1.98. The molecule has 0 unspecified atom stereocenters. The van der Waals surface area contributed by atoms with Crippen molar-refractivity contribution in [2.45, 2.75) is 19.4 Å². The summed E-state index contributed by atoms with van der Waals surface area (Å²) < 4.78 is 5.24. The lowest BCUT2D eigenvalue weighted by molar-refractivity contribution is 0.507. The highest BCUT2D eigenvalue weighted by atomic mass is 32.1. The molecule has 0 fully saturated rings. The first-order valence-electron chi connectivity index (χ1n) is 4.54. The number of thiazole rings is 1. The van der Waals surface area contributed by atoms with Crippen molar-refractivity contribution in [3.05, 3.63) is 40.2 Å². The second-order valence-electron chi connectivity index (χ2n) is 3.02. The lowest BCUT2D eigenvalue weighted by Crippen LogP contribution is -1.96. The minimum absolute atomic E-state index is 0.533. The predicted molar refractivity (Wildman–Crippen MR) is 56.1 cm³/mol. The van der Waals surface area contributed by atoms with Gasteiger partial charge in [0.1, 0.15) is 10.8 Å². The van der Waals surface area contributed by atoms with Crippen molar-refractivity contribution in [3.8, 4) is 0 Å². The standard InChI is InChI=1S/C10H12N2OS/c11-6-10-12-8(7-14-10)3-4-9-2-1-5-13-9/h1-2,5,7H,3-4,6,11H2. The Hall–Kier alpha value is -1.13. The average molecular weight is 208 g/mol. The molecule has 2 aromatic heterocycles. The molecule has 2 aromatic rings. The zero-order valence-corrected chi connectivity index (χ0v) is 8.59. The number of nitrogens with two attached hydrogens (primary N) is 1. The van der Waals surface area contributed by atoms with E-state index >= 15 is 0 Å². The molecule has 2 N–H and O–H groups in total. The van der Waals surface area contributed by atoms with E-state index in [9.17, 15) is 0 Å². The van der Waals surface area contributed by atoms with Crippen LogP contribution in [0.3, 0.4) is 0 Å². The average Bonchev–Trinajstić information content (AvgIpc) is 2.86. The summed E-state index contributed by atoms with van der Waals surface area (Å²) in [5.41, 5.74) is 6.59. The van der Waals surface area contributed by atoms with E-state index < -0.39 is 0 Å². The maximum atomic E-state index is 5.48. The van der Waals surface area contributed by atoms with E-state index in [0.717, 1.165) is 29.3 Å². The first kappa shape index (κ1) is 9.43. The Morgan fingerprint density at radius 2 is 2.36 bits per heavy atom. The molecule has 74 valence electrons. The molecular formula is C10H12N2OS. The number of aryl methyl sites for hydroxylation is 2. The lowest BCUT2D eigenvalue weighted by Gasteiger charge is -1.93. The number of furan rings is 1. The summed E-state index contributed by atoms with van der Waals surface area (Å²) in [6.07, 6.45) is 3.52. The van der Waals surface area contributed by atoms with Crippen LogP contribution in [0.1, 0.15) is 16.5 Å². The summed E-state index contributed by atoms with van der Waals surface area (Å²) >= 11 is 1.62. The molecule has 2 heterocycles. The molecule has 0 radical (unpaired) electrons. The van der Waals surface area contributed by atoms with E-state index in [1.54, 1.807) is 17.6 Å². The molecule has 0 saturated carbocycles. The van der Waals surface area contributed by atoms with Gasteiger partial charge in [0, 0.05) is 18.3 Å². The summed E-state index contributed by atoms with van der Waals surface area (Å²) in [6.45, 7) is 0.533. The van der Waals surface area contributed by atoms with E-state index in [4.69, 9.17) is 10.2 Å². The van der Waals surface area contributed by atoms with Gasteiger partial charge in [-0.1, -0.05) is 0 Å². The molecule has 0 saturated heterocycles. The van der Waals surface area contributed by atoms with Crippen LogP contribution in [-0.4, -0.2) is 4.98 Å². The topological polar surface area (TPSA) is 52.0 Å². The highest BCUT2D eigenvalue weighted by molar-refractivity contribution is 7.09. The quantitative estimate of drug-likeness (QED) is 0.835. The fourth-order valence-electron chi connectivity index (χ4n) is 1.26. The number of nitrogens with zero attached hydrogens (tertiary/aromatic N) is 1. The highest BCUT2D eigenvalue weighted by Gasteiger charge is 2.02. The van der Waals surface area contributed by atoms with Crippen molar-refractivity contribution in [3.63, 3.8) is 0 Å². The van der Waals surface area contributed by atoms with E-state index in [1.165, 1.54) is 0 Å². The van der Waals surface area contributed by atoms with Crippen molar-refractivity contribution in [2.75, 3.05) is 0 Å². The van der Waals surface area contributed by atoms with Crippen molar-refractivity contribution in [1.82, 2.24) is 4.98 Å². The molecule has 14 heavy (non-hydrogen) atoms. The van der Waals surface area contributed by atoms with Crippen molar-refractivity contribution in [2.24, 2.45) is 5.73 Å². The molecule has 0 amide bonds. The third-order valence-corrected chi connectivity index (χ3v) is 2.90. The molecule has 4 heteroatoms. The van der Waals surface area contributed by atoms with Gasteiger partial charge in [-0.15, -0.1) is 11.3 Å². The second kappa shape index (κ2) is 4.39. The fraction of sp³-hybridized carbons (Fsp3) is 0.300. The summed E-state index contributed by atoms with van der Waals surface area (Å²) in [5, 5.41) is 3.06. The van der Waals surface area contributed by atoms with Crippen LogP contribution in [0.25, 0.3) is 0 Å². The van der Waals surface area contributed by atoms with Gasteiger partial charge in [-0.2, -0.15) is 0 Å². The van der Waals surface area contributed by atoms with Crippen LogP contribution in [-0.2, 0) is 19.4 Å². The van der Waals surface area contributed by atoms with Crippen LogP contribution in [0.5, 0.6) is 0 Å². The molecule has 0 aromatic carbocycles. The van der Waals surface area contributed by atoms with Gasteiger partial charge in [-0.05, 0) is 18.6 Å². The van der Waals surface area contributed by atoms with Gasteiger partial charge in [0.05, 0.1) is 12.0 Å². The Kier molecular flexibility index (Phi) is 2.96. The summed E-state index contributed by atoms with van der Waals surface area (Å²) in [6, 6.07) is 3.89. The van der Waals surface area contributed by atoms with Gasteiger partial charge in [0.2, 0.25) is 0 Å². The fourth-order valence-corrected chi connectivity index (χ4v) is 1.97. The Balaban J connectivity index is 1.92. The molecule has 0 aliphatic heterocycles. The van der Waals surface area contributed by atoms with Crippen LogP contribution in [0.2, 0.25) is 0 Å². The van der Waals surface area contributed by atoms with Crippen molar-refractivity contribution < 1.29 is 4.42 Å². The molecular weight excluding hydrogens is 196 g/mol. The monoisotopic (exact) mass is 208 g/mol. The Morgan fingerprint density at radius 1 is 1.43 bits per heavy atom. The van der Waals surface area contributed by atoms with Gasteiger partial charge in [-0.3, -0.25) is 0 Å². The first-order chi connectivity index (χ1) is 6.88. The highest BCUT2D eigenvalue weighted by Crippen LogP contribution is 2.12. The van der Waals surface area contributed by atoms with Crippen LogP contribution in [0.15, 0.2) is 28.2 Å². The van der Waals surface area contributed by atoms with E-state index in [-0.39, 0.29) is 0 Å². The van der Waals surface area contributed by atoms with Gasteiger partial charge in [0.25, 0.3) is 0 Å². The van der Waals surface area contributed by atoms with Crippen LogP contribution >= 0.6 is 11.3 Å². The molecule has 0 spiro atoms. The largest absolute Gasteiger partial charge is 0.469 e. The van der Waals surface area contributed by atoms with Gasteiger partial charge in [0.15, 0.2) is 0 Å². The van der Waals surface area contributed by atoms with Gasteiger partial charge >= 0.3 is 0 Å². The maximum absolute atomic E-state index is 5.48. The summed E-state index contributed by atoms with van der Waals surface area (Å²) in [5.74, 6) is 1.01. The Labute approximate surface area is 86.6 Å². The van der Waals surface area contributed by atoms with Crippen LogP contribution in [0, 0.1) is 0 Å². The van der Waals surface area contributed by atoms with Crippen LogP contribution < -0.4 is 5.73 Å². The molecule has 0 atom stereocenters. The van der Waals surface area contributed by atoms with Crippen LogP contribution in [0.4, 0.5) is 0 Å². The van der Waals surface area contributed by atoms with E-state index in [2.05, 4.69) is 10.4 Å². The summed E-state index contributed by atoms with van der Waals surface area (Å²) in [4.78, 5) is 4.38. The zero-order chi connectivity index (χ0) is 9.80. The van der Waals surface area contributed by atoms with E-state index in [0.29, 0.717) is 6.54 Å². The minimum atomic E-state index is 0.533. The minimum Gasteiger partial charge on any atom is -0.469 e. The smallest absolute Gasteiger partial charge is 0.106 e. The third kappa shape index (κ3) is 2.21. The second-order valence-corrected chi connectivity index (χ2v) is 3.96. The lowest BCUT2D eigenvalue weighted by atomic mass is 10.2. The summed E-state index contributed by atoms with van der Waals surface area (Å²) in [7, 11) is 0. The zero-order valence-electron chi connectivity index (χ0n) is 7.77. The molecule has 0 bridgehead atoms. The van der Waals surface area contributed by atoms with Crippen molar-refractivity contribution >= 4 is 11.3 Å². The van der Waals surface area contributed by atoms with E-state index in [1.807, 2.05) is 12.1 Å². The normalized spacial score (nSPS) is 10.6. The Bertz CT molecular complexity index is 380. The van der Waals surface area contributed by atoms with Gasteiger partial charge in [-0.25, -0.2) is 4.98 Å². The molecule has 0 aliphatic carbocycles. The first-order valence-corrected chi connectivity index (χ1v) is 5.42. The molecule has 0 aliphatic rings. The SMILES string of the molecule is NCc1nc(CCc2ccco2)cs1. The number of rotatable bonds is 4. The Morgan fingerprint density at radius 3 is 3.00 bits per heavy atom. The molecule has 3 nitrogen and oxygen atoms in total. The molecule has 2 rings (SSSR count). The maximum Gasteiger partial charge on any atom is 0.106 e. The number of hydrogen-bond donors (Lipinski definition) is 1. The van der Waals surface area contributed by atoms with Gasteiger partial charge < -0.3 is 10.2 Å².